The number of hydrogen-bond donors (Lipinski definition) is 2. The van der Waals surface area contributed by atoms with Crippen molar-refractivity contribution in [3.8, 4) is 27.6 Å². The van der Waals surface area contributed by atoms with Gasteiger partial charge in [0.05, 0.1) is 22.5 Å². The number of thiazole rings is 1. The predicted molar refractivity (Wildman–Crippen MR) is 191 cm³/mol. The lowest BCUT2D eigenvalue weighted by molar-refractivity contribution is -0.137. The standard InChI is InChI=1S/C37H35N7O5S/c1-43(2)32-15-10-23(20-39-32)22-9-12-29(38-19-22)36-41-28-13-11-24(18-31(28)50-36)49-17-4-3-8-33(45)40-27-7-5-6-25-26(27)21-44(37(25)48)30-14-16-34(46)42-35(30)47/h5-7,9-13,15,18-20,30H,3-4,8,14,16-17,21H2,1-2H3,(H,40,45)(H,42,46,47). The van der Waals surface area contributed by atoms with E-state index in [4.69, 9.17) is 9.72 Å². The van der Waals surface area contributed by atoms with Crippen molar-refractivity contribution in [2.45, 2.75) is 44.7 Å². The zero-order valence-electron chi connectivity index (χ0n) is 27.6. The van der Waals surface area contributed by atoms with Gasteiger partial charge in [-0.2, -0.15) is 0 Å². The largest absolute Gasteiger partial charge is 0.494 e. The number of aromatic nitrogens is 3. The Morgan fingerprint density at radius 3 is 2.58 bits per heavy atom. The SMILES string of the molecule is CN(C)c1ccc(-c2ccc(-c3nc4ccc(OCCCCC(=O)Nc5cccc6c5CN(C5CCC(=O)NC5=O)C6=O)cc4s3)nc2)cn1. The van der Waals surface area contributed by atoms with Crippen LogP contribution in [0.1, 0.15) is 48.0 Å². The number of unbranched alkanes of at least 4 members (excludes halogenated alkanes) is 1. The van der Waals surface area contributed by atoms with E-state index < -0.39 is 11.9 Å². The number of carbonyl (C=O) groups excluding carboxylic acids is 4. The molecule has 1 saturated heterocycles. The quantitative estimate of drug-likeness (QED) is 0.137. The molecule has 1 unspecified atom stereocenters. The lowest BCUT2D eigenvalue weighted by Crippen LogP contribution is -2.52. The molecule has 2 aromatic carbocycles. The molecule has 5 aromatic rings. The van der Waals surface area contributed by atoms with Crippen LogP contribution in [-0.4, -0.2) is 70.2 Å². The van der Waals surface area contributed by atoms with Gasteiger partial charge in [0.2, 0.25) is 17.7 Å². The highest BCUT2D eigenvalue weighted by Crippen LogP contribution is 2.34. The van der Waals surface area contributed by atoms with Gasteiger partial charge in [0.25, 0.3) is 5.91 Å². The van der Waals surface area contributed by atoms with E-state index in [0.717, 1.165) is 43.6 Å². The molecule has 254 valence electrons. The fourth-order valence-corrected chi connectivity index (χ4v) is 7.08. The zero-order valence-corrected chi connectivity index (χ0v) is 28.5. The minimum atomic E-state index is -0.708. The molecular weight excluding hydrogens is 655 g/mol. The van der Waals surface area contributed by atoms with Crippen molar-refractivity contribution in [3.63, 3.8) is 0 Å². The summed E-state index contributed by atoms with van der Waals surface area (Å²) in [5.41, 5.74) is 5.35. The average molecular weight is 690 g/mol. The minimum absolute atomic E-state index is 0.163. The molecule has 5 heterocycles. The molecule has 4 amide bonds. The maximum atomic E-state index is 13.1. The van der Waals surface area contributed by atoms with Crippen LogP contribution in [0.25, 0.3) is 32.0 Å². The van der Waals surface area contributed by atoms with E-state index >= 15 is 0 Å². The summed E-state index contributed by atoms with van der Waals surface area (Å²) in [6.07, 6.45) is 5.74. The van der Waals surface area contributed by atoms with Crippen LogP contribution < -0.4 is 20.3 Å². The third-order valence-corrected chi connectivity index (χ3v) is 9.85. The van der Waals surface area contributed by atoms with Gasteiger partial charge in [-0.25, -0.2) is 9.97 Å². The van der Waals surface area contributed by atoms with E-state index in [1.165, 1.54) is 4.90 Å². The number of nitrogens with one attached hydrogen (secondary N) is 2. The number of ether oxygens (including phenoxy) is 1. The number of anilines is 2. The van der Waals surface area contributed by atoms with Gasteiger partial charge >= 0.3 is 0 Å². The van der Waals surface area contributed by atoms with Gasteiger partial charge in [-0.05, 0) is 67.8 Å². The molecule has 1 atom stereocenters. The Labute approximate surface area is 292 Å². The first-order valence-electron chi connectivity index (χ1n) is 16.4. The Hall–Kier alpha value is -5.69. The maximum absolute atomic E-state index is 13.1. The molecule has 0 aliphatic carbocycles. The molecule has 12 nitrogen and oxygen atoms in total. The second-order valence-electron chi connectivity index (χ2n) is 12.5. The molecule has 0 radical (unpaired) electrons. The van der Waals surface area contributed by atoms with Crippen molar-refractivity contribution in [3.05, 3.63) is 84.2 Å². The number of rotatable bonds is 11. The molecule has 0 spiro atoms. The van der Waals surface area contributed by atoms with E-state index in [0.29, 0.717) is 42.7 Å². The highest BCUT2D eigenvalue weighted by atomic mass is 32.1. The molecule has 13 heteroatoms. The van der Waals surface area contributed by atoms with E-state index in [9.17, 15) is 19.2 Å². The highest BCUT2D eigenvalue weighted by molar-refractivity contribution is 7.21. The Morgan fingerprint density at radius 1 is 1.02 bits per heavy atom. The summed E-state index contributed by atoms with van der Waals surface area (Å²) in [5.74, 6) is 0.395. The number of nitrogens with zero attached hydrogens (tertiary/aromatic N) is 5. The van der Waals surface area contributed by atoms with Crippen molar-refractivity contribution >= 4 is 56.7 Å². The summed E-state index contributed by atoms with van der Waals surface area (Å²) in [6.45, 7) is 0.650. The molecule has 50 heavy (non-hydrogen) atoms. The van der Waals surface area contributed by atoms with Crippen LogP contribution in [0.5, 0.6) is 5.75 Å². The molecule has 1 fully saturated rings. The number of piperidine rings is 1. The molecule has 2 aliphatic rings. The van der Waals surface area contributed by atoms with E-state index in [1.54, 1.807) is 29.5 Å². The summed E-state index contributed by atoms with van der Waals surface area (Å²) in [5, 5.41) is 6.07. The van der Waals surface area contributed by atoms with Crippen LogP contribution in [0.15, 0.2) is 73.1 Å². The number of fused-ring (bicyclic) bond motifs is 2. The van der Waals surface area contributed by atoms with E-state index in [1.807, 2.05) is 73.9 Å². The lowest BCUT2D eigenvalue weighted by atomic mass is 10.0. The second kappa shape index (κ2) is 14.0. The number of pyridine rings is 2. The third-order valence-electron chi connectivity index (χ3n) is 8.80. The summed E-state index contributed by atoms with van der Waals surface area (Å²) in [6, 6.07) is 18.3. The van der Waals surface area contributed by atoms with Crippen LogP contribution in [0, 0.1) is 0 Å². The highest BCUT2D eigenvalue weighted by Gasteiger charge is 2.40. The zero-order chi connectivity index (χ0) is 34.8. The molecular formula is C37H35N7O5S. The van der Waals surface area contributed by atoms with Crippen molar-refractivity contribution in [1.82, 2.24) is 25.2 Å². The third kappa shape index (κ3) is 6.90. The smallest absolute Gasteiger partial charge is 0.255 e. The van der Waals surface area contributed by atoms with Gasteiger partial charge in [-0.1, -0.05) is 12.1 Å². The Morgan fingerprint density at radius 2 is 1.84 bits per heavy atom. The lowest BCUT2D eigenvalue weighted by Gasteiger charge is -2.29. The number of imide groups is 1. The maximum Gasteiger partial charge on any atom is 0.255 e. The van der Waals surface area contributed by atoms with E-state index in [2.05, 4.69) is 20.6 Å². The Balaban J connectivity index is 0.890. The molecule has 2 aliphatic heterocycles. The minimum Gasteiger partial charge on any atom is -0.494 e. The van der Waals surface area contributed by atoms with Crippen LogP contribution in [0.2, 0.25) is 0 Å². The van der Waals surface area contributed by atoms with Crippen molar-refractivity contribution in [2.24, 2.45) is 0 Å². The van der Waals surface area contributed by atoms with Gasteiger partial charge in [-0.15, -0.1) is 11.3 Å². The average Bonchev–Trinajstić information content (AvgIpc) is 3.69. The van der Waals surface area contributed by atoms with E-state index in [-0.39, 0.29) is 37.1 Å². The van der Waals surface area contributed by atoms with Crippen LogP contribution >= 0.6 is 11.3 Å². The fourth-order valence-electron chi connectivity index (χ4n) is 6.11. The second-order valence-corrected chi connectivity index (χ2v) is 13.5. The van der Waals surface area contributed by atoms with Crippen LogP contribution in [0.4, 0.5) is 11.5 Å². The first-order valence-corrected chi connectivity index (χ1v) is 17.2. The van der Waals surface area contributed by atoms with Crippen molar-refractivity contribution < 1.29 is 23.9 Å². The summed E-state index contributed by atoms with van der Waals surface area (Å²) in [4.78, 5) is 67.2. The summed E-state index contributed by atoms with van der Waals surface area (Å²) < 4.78 is 7.00. The van der Waals surface area contributed by atoms with Gasteiger partial charge < -0.3 is 19.9 Å². The van der Waals surface area contributed by atoms with Crippen LogP contribution in [-0.2, 0) is 20.9 Å². The number of carbonyl (C=O) groups is 4. The Bertz CT molecular complexity index is 2100. The van der Waals surface area contributed by atoms with Gasteiger partial charge in [0.15, 0.2) is 0 Å². The molecule has 2 N–H and O–H groups in total. The number of hydrogen-bond acceptors (Lipinski definition) is 10. The Kier molecular flexibility index (Phi) is 9.22. The molecule has 0 bridgehead atoms. The van der Waals surface area contributed by atoms with Crippen molar-refractivity contribution in [2.75, 3.05) is 30.9 Å². The van der Waals surface area contributed by atoms with Crippen molar-refractivity contribution in [1.29, 1.82) is 0 Å². The number of amides is 4. The first kappa shape index (κ1) is 32.8. The summed E-state index contributed by atoms with van der Waals surface area (Å²) in [7, 11) is 3.92. The monoisotopic (exact) mass is 689 g/mol. The van der Waals surface area contributed by atoms with Gasteiger partial charge in [-0.3, -0.25) is 29.5 Å². The number of benzene rings is 2. The molecule has 7 rings (SSSR count). The first-order chi connectivity index (χ1) is 24.2. The topological polar surface area (TPSA) is 147 Å². The van der Waals surface area contributed by atoms with Gasteiger partial charge in [0.1, 0.15) is 22.6 Å². The summed E-state index contributed by atoms with van der Waals surface area (Å²) >= 11 is 1.55. The van der Waals surface area contributed by atoms with Crippen LogP contribution in [0.3, 0.4) is 0 Å². The normalized spacial score (nSPS) is 15.6. The van der Waals surface area contributed by atoms with Gasteiger partial charge in [0, 0.05) is 73.8 Å². The molecule has 0 saturated carbocycles. The fraction of sp³-hybridized carbons (Fsp3) is 0.270. The predicted octanol–water partition coefficient (Wildman–Crippen LogP) is 5.44. The molecule has 3 aromatic heterocycles.